The van der Waals surface area contributed by atoms with Crippen molar-refractivity contribution in [3.63, 3.8) is 0 Å². The summed E-state index contributed by atoms with van der Waals surface area (Å²) in [5, 5.41) is 7.97. The molecule has 0 atom stereocenters. The average Bonchev–Trinajstić information content (AvgIpc) is 3.90. The monoisotopic (exact) mass is 688 g/mol. The van der Waals surface area contributed by atoms with Crippen LogP contribution in [0.25, 0.3) is 108 Å². The van der Waals surface area contributed by atoms with Crippen molar-refractivity contribution in [3.05, 3.63) is 146 Å². The zero-order valence-electron chi connectivity index (χ0n) is 26.9. The standard InChI is InChI=1S/C44H24N4OS2/c1-2-11-26(12-3-1)41-46-42(28-20-21-31-30-14-6-8-16-35(30)49-36(31)23-28)48-43(47-41)33-24-34-40(38-32-15-7-9-17-37(32)50-39(33)38)51-44(45-34)29-19-18-25-10-4-5-13-27(25)22-29/h1-24H. The van der Waals surface area contributed by atoms with Gasteiger partial charge in [0.1, 0.15) is 16.2 Å². The lowest BCUT2D eigenvalue weighted by Gasteiger charge is -2.09. The highest BCUT2D eigenvalue weighted by atomic mass is 32.1. The SMILES string of the molecule is c1ccc(-c2nc(-c3ccc4c(c3)oc3ccccc34)nc(-c3cc4nc(-c5ccc6ccccc6c5)sc4c4c3sc3ccccc34)n2)cc1. The number of benzene rings is 7. The van der Waals surface area contributed by atoms with Crippen LogP contribution in [0.2, 0.25) is 0 Å². The summed E-state index contributed by atoms with van der Waals surface area (Å²) in [6.45, 7) is 0. The Morgan fingerprint density at radius 1 is 0.431 bits per heavy atom. The molecule has 4 aromatic heterocycles. The van der Waals surface area contributed by atoms with Gasteiger partial charge in [-0.05, 0) is 47.2 Å². The third kappa shape index (κ3) is 4.59. The summed E-state index contributed by atoms with van der Waals surface area (Å²) >= 11 is 3.52. The van der Waals surface area contributed by atoms with Crippen molar-refractivity contribution in [1.82, 2.24) is 19.9 Å². The fourth-order valence-corrected chi connectivity index (χ4v) is 9.48. The minimum atomic E-state index is 0.589. The molecule has 11 aromatic rings. The van der Waals surface area contributed by atoms with Gasteiger partial charge in [-0.2, -0.15) is 0 Å². The Labute approximate surface area is 299 Å². The minimum absolute atomic E-state index is 0.589. The van der Waals surface area contributed by atoms with Crippen LogP contribution in [0.5, 0.6) is 0 Å². The summed E-state index contributed by atoms with van der Waals surface area (Å²) < 4.78 is 9.80. The number of fused-ring (bicyclic) bond motifs is 9. The van der Waals surface area contributed by atoms with Gasteiger partial charge in [0, 0.05) is 53.2 Å². The molecule has 51 heavy (non-hydrogen) atoms. The molecule has 0 N–H and O–H groups in total. The Kier molecular flexibility index (Phi) is 6.22. The number of furan rings is 1. The van der Waals surface area contributed by atoms with Crippen molar-refractivity contribution in [2.45, 2.75) is 0 Å². The Bertz CT molecular complexity index is 3160. The van der Waals surface area contributed by atoms with E-state index in [1.165, 1.54) is 30.9 Å². The molecule has 0 bridgehead atoms. The molecule has 7 aromatic carbocycles. The van der Waals surface area contributed by atoms with Crippen molar-refractivity contribution in [2.24, 2.45) is 0 Å². The number of para-hydroxylation sites is 1. The third-order valence-electron chi connectivity index (χ3n) is 9.54. The van der Waals surface area contributed by atoms with Crippen LogP contribution in [-0.2, 0) is 0 Å². The number of nitrogens with zero attached hydrogens (tertiary/aromatic N) is 4. The third-order valence-corrected chi connectivity index (χ3v) is 11.9. The van der Waals surface area contributed by atoms with Crippen LogP contribution in [0, 0.1) is 0 Å². The number of thiophene rings is 1. The van der Waals surface area contributed by atoms with Crippen molar-refractivity contribution in [3.8, 4) is 44.7 Å². The summed E-state index contributed by atoms with van der Waals surface area (Å²) in [5.74, 6) is 1.82. The van der Waals surface area contributed by atoms with Gasteiger partial charge in [-0.1, -0.05) is 109 Å². The Hall–Kier alpha value is -6.28. The second-order valence-corrected chi connectivity index (χ2v) is 14.7. The van der Waals surface area contributed by atoms with E-state index in [-0.39, 0.29) is 0 Å². The van der Waals surface area contributed by atoms with E-state index in [1.807, 2.05) is 54.6 Å². The highest BCUT2D eigenvalue weighted by Gasteiger charge is 2.22. The highest BCUT2D eigenvalue weighted by molar-refractivity contribution is 7.28. The predicted octanol–water partition coefficient (Wildman–Crippen LogP) is 12.6. The van der Waals surface area contributed by atoms with Crippen LogP contribution in [0.1, 0.15) is 0 Å². The van der Waals surface area contributed by atoms with E-state index in [0.29, 0.717) is 17.5 Å². The van der Waals surface area contributed by atoms with Crippen LogP contribution in [0.3, 0.4) is 0 Å². The van der Waals surface area contributed by atoms with Crippen LogP contribution in [-0.4, -0.2) is 19.9 Å². The molecule has 238 valence electrons. The molecule has 0 unspecified atom stereocenters. The quantitative estimate of drug-likeness (QED) is 0.184. The lowest BCUT2D eigenvalue weighted by molar-refractivity contribution is 0.669. The number of rotatable bonds is 4. The molecule has 11 rings (SSSR count). The van der Waals surface area contributed by atoms with E-state index in [1.54, 1.807) is 22.7 Å². The maximum atomic E-state index is 6.27. The van der Waals surface area contributed by atoms with Crippen LogP contribution in [0.15, 0.2) is 150 Å². The molecule has 4 heterocycles. The van der Waals surface area contributed by atoms with E-state index >= 15 is 0 Å². The molecule has 0 aliphatic rings. The zero-order chi connectivity index (χ0) is 33.5. The fourth-order valence-electron chi connectivity index (χ4n) is 7.09. The fraction of sp³-hybridized carbons (Fsp3) is 0. The van der Waals surface area contributed by atoms with Crippen LogP contribution in [0.4, 0.5) is 0 Å². The van der Waals surface area contributed by atoms with Crippen LogP contribution >= 0.6 is 22.7 Å². The van der Waals surface area contributed by atoms with Gasteiger partial charge in [0.15, 0.2) is 17.5 Å². The summed E-state index contributed by atoms with van der Waals surface area (Å²) in [4.78, 5) is 20.7. The van der Waals surface area contributed by atoms with Crippen molar-refractivity contribution >= 4 is 85.8 Å². The lowest BCUT2D eigenvalue weighted by atomic mass is 10.1. The number of hydrogen-bond donors (Lipinski definition) is 0. The molecular formula is C44H24N4OS2. The number of hydrogen-bond acceptors (Lipinski definition) is 7. The predicted molar refractivity (Wildman–Crippen MR) is 212 cm³/mol. The summed E-state index contributed by atoms with van der Waals surface area (Å²) in [6.07, 6.45) is 0. The first kappa shape index (κ1) is 28.5. The topological polar surface area (TPSA) is 64.7 Å². The molecule has 0 radical (unpaired) electrons. The lowest BCUT2D eigenvalue weighted by Crippen LogP contribution is -2.00. The van der Waals surface area contributed by atoms with Gasteiger partial charge >= 0.3 is 0 Å². The maximum absolute atomic E-state index is 6.27. The first-order valence-electron chi connectivity index (χ1n) is 16.7. The van der Waals surface area contributed by atoms with Gasteiger partial charge in [-0.3, -0.25) is 0 Å². The van der Waals surface area contributed by atoms with E-state index in [4.69, 9.17) is 24.4 Å². The first-order chi connectivity index (χ1) is 25.2. The first-order valence-corrected chi connectivity index (χ1v) is 18.3. The van der Waals surface area contributed by atoms with Gasteiger partial charge in [0.25, 0.3) is 0 Å². The van der Waals surface area contributed by atoms with Gasteiger partial charge in [0.2, 0.25) is 0 Å². The Morgan fingerprint density at radius 3 is 2.04 bits per heavy atom. The molecule has 0 aliphatic heterocycles. The molecular weight excluding hydrogens is 665 g/mol. The van der Waals surface area contributed by atoms with Gasteiger partial charge in [-0.25, -0.2) is 19.9 Å². The molecule has 5 nitrogen and oxygen atoms in total. The van der Waals surface area contributed by atoms with Gasteiger partial charge < -0.3 is 4.42 Å². The smallest absolute Gasteiger partial charge is 0.165 e. The van der Waals surface area contributed by atoms with E-state index < -0.39 is 0 Å². The van der Waals surface area contributed by atoms with Crippen molar-refractivity contribution in [2.75, 3.05) is 0 Å². The summed E-state index contributed by atoms with van der Waals surface area (Å²) in [5.41, 5.74) is 6.43. The molecule has 0 saturated carbocycles. The Balaban J connectivity index is 1.16. The summed E-state index contributed by atoms with van der Waals surface area (Å²) in [7, 11) is 0. The number of aromatic nitrogens is 4. The van der Waals surface area contributed by atoms with Crippen molar-refractivity contribution < 1.29 is 4.42 Å². The number of thiazole rings is 1. The zero-order valence-corrected chi connectivity index (χ0v) is 28.5. The van der Waals surface area contributed by atoms with Crippen LogP contribution < -0.4 is 0 Å². The highest BCUT2D eigenvalue weighted by Crippen LogP contribution is 2.47. The van der Waals surface area contributed by atoms with Gasteiger partial charge in [0.05, 0.1) is 10.2 Å². The van der Waals surface area contributed by atoms with E-state index in [2.05, 4.69) is 91.0 Å². The molecule has 0 amide bonds. The van der Waals surface area contributed by atoms with Gasteiger partial charge in [-0.15, -0.1) is 22.7 Å². The van der Waals surface area contributed by atoms with E-state index in [9.17, 15) is 0 Å². The molecule has 0 fully saturated rings. The van der Waals surface area contributed by atoms with E-state index in [0.717, 1.165) is 59.4 Å². The average molecular weight is 689 g/mol. The largest absolute Gasteiger partial charge is 0.456 e. The maximum Gasteiger partial charge on any atom is 0.165 e. The molecule has 0 saturated heterocycles. The normalized spacial score (nSPS) is 11.9. The van der Waals surface area contributed by atoms with Crippen molar-refractivity contribution in [1.29, 1.82) is 0 Å². The molecule has 7 heteroatoms. The summed E-state index contributed by atoms with van der Waals surface area (Å²) in [6, 6.07) is 50.3. The molecule has 0 spiro atoms. The minimum Gasteiger partial charge on any atom is -0.456 e. The molecule has 0 aliphatic carbocycles. The second-order valence-electron chi connectivity index (χ2n) is 12.6. The Morgan fingerprint density at radius 2 is 1.14 bits per heavy atom. The second kappa shape index (κ2) is 11.1.